The number of nitrogens with one attached hydrogen (secondary N) is 2. The predicted octanol–water partition coefficient (Wildman–Crippen LogP) is 2.57. The molecule has 3 rings (SSSR count). The molecule has 25 heavy (non-hydrogen) atoms. The van der Waals surface area contributed by atoms with Gasteiger partial charge in [0.2, 0.25) is 5.88 Å². The van der Waals surface area contributed by atoms with Gasteiger partial charge in [0.1, 0.15) is 6.10 Å². The van der Waals surface area contributed by atoms with Crippen LogP contribution in [0.3, 0.4) is 0 Å². The van der Waals surface area contributed by atoms with E-state index in [2.05, 4.69) is 43.6 Å². The third-order valence-electron chi connectivity index (χ3n) is 4.40. The van der Waals surface area contributed by atoms with Gasteiger partial charge in [0.05, 0.1) is 0 Å². The van der Waals surface area contributed by atoms with E-state index in [0.29, 0.717) is 12.6 Å². The number of hydrogen-bond acceptors (Lipinski definition) is 3. The molecule has 0 amide bonds. The Labute approximate surface area is 149 Å². The molecule has 0 radical (unpaired) electrons. The third-order valence-corrected chi connectivity index (χ3v) is 4.40. The number of aromatic nitrogens is 2. The smallest absolute Gasteiger partial charge is 0.213 e. The number of guanidine groups is 1. The first-order valence-electron chi connectivity index (χ1n) is 9.00. The molecule has 2 aromatic rings. The van der Waals surface area contributed by atoms with Gasteiger partial charge in [0.25, 0.3) is 0 Å². The minimum atomic E-state index is 0.347. The zero-order valence-electron chi connectivity index (χ0n) is 14.8. The van der Waals surface area contributed by atoms with E-state index in [1.54, 1.807) is 7.05 Å². The number of hydrogen-bond donors (Lipinski definition) is 2. The molecule has 2 heterocycles. The third kappa shape index (κ3) is 5.52. The van der Waals surface area contributed by atoms with E-state index in [0.717, 1.165) is 43.3 Å². The summed E-state index contributed by atoms with van der Waals surface area (Å²) in [7, 11) is 1.78. The maximum absolute atomic E-state index is 5.90. The molecule has 0 saturated heterocycles. The second-order valence-electron chi connectivity index (χ2n) is 6.30. The van der Waals surface area contributed by atoms with Crippen molar-refractivity contribution >= 4 is 5.96 Å². The Morgan fingerprint density at radius 1 is 1.24 bits per heavy atom. The van der Waals surface area contributed by atoms with Crippen LogP contribution in [0.1, 0.15) is 31.2 Å². The predicted molar refractivity (Wildman–Crippen MR) is 99.8 cm³/mol. The minimum Gasteiger partial charge on any atom is -0.474 e. The molecule has 134 valence electrons. The normalized spacial score (nSPS) is 15.3. The van der Waals surface area contributed by atoms with Crippen LogP contribution >= 0.6 is 0 Å². The number of rotatable bonds is 7. The average Bonchev–Trinajstić information content (AvgIpc) is 3.33. The van der Waals surface area contributed by atoms with Crippen LogP contribution in [0, 0.1) is 0 Å². The van der Waals surface area contributed by atoms with Crippen molar-refractivity contribution in [3.63, 3.8) is 0 Å². The van der Waals surface area contributed by atoms with Crippen LogP contribution in [0.5, 0.6) is 5.88 Å². The van der Waals surface area contributed by atoms with Gasteiger partial charge >= 0.3 is 0 Å². The summed E-state index contributed by atoms with van der Waals surface area (Å²) in [6.07, 6.45) is 11.2. The van der Waals surface area contributed by atoms with Gasteiger partial charge in [-0.1, -0.05) is 6.07 Å². The topological polar surface area (TPSA) is 63.5 Å². The molecule has 0 bridgehead atoms. The van der Waals surface area contributed by atoms with Crippen molar-refractivity contribution in [1.29, 1.82) is 0 Å². The van der Waals surface area contributed by atoms with E-state index in [-0.39, 0.29) is 0 Å². The lowest BCUT2D eigenvalue weighted by Crippen LogP contribution is -2.38. The molecule has 1 aliphatic carbocycles. The molecule has 6 heteroatoms. The highest BCUT2D eigenvalue weighted by atomic mass is 16.5. The Morgan fingerprint density at radius 2 is 2.04 bits per heavy atom. The fourth-order valence-corrected chi connectivity index (χ4v) is 2.99. The first kappa shape index (κ1) is 17.3. The van der Waals surface area contributed by atoms with Gasteiger partial charge < -0.3 is 19.9 Å². The highest BCUT2D eigenvalue weighted by Crippen LogP contribution is 2.22. The van der Waals surface area contributed by atoms with E-state index < -0.39 is 0 Å². The molecule has 2 N–H and O–H groups in total. The van der Waals surface area contributed by atoms with Crippen molar-refractivity contribution < 1.29 is 4.74 Å². The molecule has 1 fully saturated rings. The fraction of sp³-hybridized carbons (Fsp3) is 0.474. The van der Waals surface area contributed by atoms with Crippen LogP contribution < -0.4 is 15.4 Å². The van der Waals surface area contributed by atoms with Crippen molar-refractivity contribution in [3.05, 3.63) is 48.4 Å². The van der Waals surface area contributed by atoms with E-state index in [4.69, 9.17) is 4.74 Å². The lowest BCUT2D eigenvalue weighted by atomic mass is 10.3. The summed E-state index contributed by atoms with van der Waals surface area (Å²) in [6, 6.07) is 8.06. The van der Waals surface area contributed by atoms with E-state index in [1.807, 2.05) is 24.4 Å². The molecular weight excluding hydrogens is 314 g/mol. The van der Waals surface area contributed by atoms with Crippen molar-refractivity contribution in [1.82, 2.24) is 20.2 Å². The summed E-state index contributed by atoms with van der Waals surface area (Å²) in [5.41, 5.74) is 1.10. The quantitative estimate of drug-likeness (QED) is 0.600. The first-order valence-corrected chi connectivity index (χ1v) is 9.00. The number of ether oxygens (including phenoxy) is 1. The Morgan fingerprint density at radius 3 is 2.72 bits per heavy atom. The van der Waals surface area contributed by atoms with Crippen molar-refractivity contribution in [2.45, 2.75) is 44.9 Å². The SMILES string of the molecule is CN=C(NCCn1cccc1)NCc1ccc(OC2CCCC2)nc1. The van der Waals surface area contributed by atoms with E-state index in [9.17, 15) is 0 Å². The summed E-state index contributed by atoms with van der Waals surface area (Å²) in [4.78, 5) is 8.66. The largest absolute Gasteiger partial charge is 0.474 e. The molecule has 0 atom stereocenters. The standard InChI is InChI=1S/C19H27N5O/c1-20-19(21-10-13-24-11-4-5-12-24)23-15-16-8-9-18(22-14-16)25-17-6-2-3-7-17/h4-5,8-9,11-12,14,17H,2-3,6-7,10,13,15H2,1H3,(H2,20,21,23). The van der Waals surface area contributed by atoms with Gasteiger partial charge in [0.15, 0.2) is 5.96 Å². The van der Waals surface area contributed by atoms with Crippen LogP contribution in [0.4, 0.5) is 0 Å². The van der Waals surface area contributed by atoms with E-state index in [1.165, 1.54) is 12.8 Å². The van der Waals surface area contributed by atoms with Gasteiger partial charge in [-0.25, -0.2) is 4.98 Å². The summed E-state index contributed by atoms with van der Waals surface area (Å²) in [5, 5.41) is 6.62. The van der Waals surface area contributed by atoms with Gasteiger partial charge in [-0.2, -0.15) is 0 Å². The Bertz CT molecular complexity index is 645. The number of aliphatic imine (C=N–C) groups is 1. The van der Waals surface area contributed by atoms with Crippen molar-refractivity contribution in [3.8, 4) is 5.88 Å². The first-order chi connectivity index (χ1) is 12.3. The van der Waals surface area contributed by atoms with Crippen molar-refractivity contribution in [2.75, 3.05) is 13.6 Å². The van der Waals surface area contributed by atoms with Crippen LogP contribution in [-0.4, -0.2) is 35.2 Å². The molecule has 0 spiro atoms. The van der Waals surface area contributed by atoms with Crippen LogP contribution in [0.15, 0.2) is 47.8 Å². The Kier molecular flexibility index (Phi) is 6.31. The molecule has 0 unspecified atom stereocenters. The molecule has 6 nitrogen and oxygen atoms in total. The summed E-state index contributed by atoms with van der Waals surface area (Å²) >= 11 is 0. The maximum atomic E-state index is 5.90. The zero-order valence-corrected chi connectivity index (χ0v) is 14.8. The average molecular weight is 341 g/mol. The molecular formula is C19H27N5O. The van der Waals surface area contributed by atoms with Gasteiger partial charge in [-0.15, -0.1) is 0 Å². The zero-order chi connectivity index (χ0) is 17.3. The summed E-state index contributed by atoms with van der Waals surface area (Å²) < 4.78 is 8.03. The van der Waals surface area contributed by atoms with Gasteiger partial charge in [-0.05, 0) is 43.4 Å². The van der Waals surface area contributed by atoms with Gasteiger partial charge in [0, 0.05) is 51.3 Å². The minimum absolute atomic E-state index is 0.347. The fourth-order valence-electron chi connectivity index (χ4n) is 2.99. The molecule has 0 aromatic carbocycles. The van der Waals surface area contributed by atoms with Gasteiger partial charge in [-0.3, -0.25) is 4.99 Å². The number of pyridine rings is 1. The lowest BCUT2D eigenvalue weighted by molar-refractivity contribution is 0.201. The molecule has 1 aliphatic rings. The second kappa shape index (κ2) is 9.11. The van der Waals surface area contributed by atoms with Crippen LogP contribution in [0.25, 0.3) is 0 Å². The highest BCUT2D eigenvalue weighted by Gasteiger charge is 2.16. The number of nitrogens with zero attached hydrogens (tertiary/aromatic N) is 3. The summed E-state index contributed by atoms with van der Waals surface area (Å²) in [6.45, 7) is 2.41. The molecule has 1 saturated carbocycles. The van der Waals surface area contributed by atoms with Crippen LogP contribution in [0.2, 0.25) is 0 Å². The highest BCUT2D eigenvalue weighted by molar-refractivity contribution is 5.79. The van der Waals surface area contributed by atoms with Crippen molar-refractivity contribution in [2.24, 2.45) is 4.99 Å². The van der Waals surface area contributed by atoms with Crippen LogP contribution in [-0.2, 0) is 13.1 Å². The Balaban J connectivity index is 1.40. The second-order valence-corrected chi connectivity index (χ2v) is 6.30. The summed E-state index contributed by atoms with van der Waals surface area (Å²) in [5.74, 6) is 1.52. The molecule has 2 aromatic heterocycles. The lowest BCUT2D eigenvalue weighted by Gasteiger charge is -2.14. The Hall–Kier alpha value is -2.50. The maximum Gasteiger partial charge on any atom is 0.213 e. The monoisotopic (exact) mass is 341 g/mol. The molecule has 0 aliphatic heterocycles. The van der Waals surface area contributed by atoms with E-state index >= 15 is 0 Å².